The molecular formula is C16H17ClN2O2. The number of esters is 1. The summed E-state index contributed by atoms with van der Waals surface area (Å²) in [5.41, 5.74) is 5.85. The Kier molecular flexibility index (Phi) is 4.81. The molecular weight excluding hydrogens is 288 g/mol. The fourth-order valence-electron chi connectivity index (χ4n) is 2.35. The minimum Gasteiger partial charge on any atom is -0.469 e. The van der Waals surface area contributed by atoms with E-state index in [-0.39, 0.29) is 12.4 Å². The van der Waals surface area contributed by atoms with Crippen molar-refractivity contribution >= 4 is 23.1 Å². The maximum absolute atomic E-state index is 11.6. The van der Waals surface area contributed by atoms with Gasteiger partial charge in [-0.05, 0) is 12.5 Å². The van der Waals surface area contributed by atoms with Crippen molar-refractivity contribution < 1.29 is 9.53 Å². The highest BCUT2D eigenvalue weighted by molar-refractivity contribution is 6.29. The van der Waals surface area contributed by atoms with Gasteiger partial charge in [-0.15, -0.1) is 0 Å². The molecule has 0 atom stereocenters. The molecule has 1 heterocycles. The van der Waals surface area contributed by atoms with Gasteiger partial charge in [-0.25, -0.2) is 0 Å². The van der Waals surface area contributed by atoms with Gasteiger partial charge in [-0.3, -0.25) is 9.48 Å². The van der Waals surface area contributed by atoms with E-state index in [1.807, 2.05) is 44.3 Å². The van der Waals surface area contributed by atoms with Gasteiger partial charge in [0.15, 0.2) is 0 Å². The van der Waals surface area contributed by atoms with Crippen LogP contribution in [-0.4, -0.2) is 22.9 Å². The number of ether oxygens (including phenoxy) is 1. The summed E-state index contributed by atoms with van der Waals surface area (Å²) >= 11 is 6.04. The molecule has 0 saturated carbocycles. The second-order valence-corrected chi connectivity index (χ2v) is 4.89. The van der Waals surface area contributed by atoms with Gasteiger partial charge in [0.2, 0.25) is 0 Å². The van der Waals surface area contributed by atoms with Gasteiger partial charge in [-0.1, -0.05) is 41.9 Å². The van der Waals surface area contributed by atoms with Crippen molar-refractivity contribution in [1.29, 1.82) is 0 Å². The average Bonchev–Trinajstić information content (AvgIpc) is 2.76. The number of hydrogen-bond acceptors (Lipinski definition) is 3. The van der Waals surface area contributed by atoms with Crippen LogP contribution >= 0.6 is 11.6 Å². The Balaban J connectivity index is 2.54. The van der Waals surface area contributed by atoms with Gasteiger partial charge >= 0.3 is 5.97 Å². The van der Waals surface area contributed by atoms with Crippen molar-refractivity contribution in [2.45, 2.75) is 13.3 Å². The summed E-state index contributed by atoms with van der Waals surface area (Å²) in [5, 5.41) is 4.40. The number of nitrogens with zero attached hydrogens (tertiary/aromatic N) is 2. The number of methoxy groups -OCH3 is 1. The quantitative estimate of drug-likeness (QED) is 0.815. The fraction of sp³-hybridized carbons (Fsp3) is 0.250. The van der Waals surface area contributed by atoms with Gasteiger partial charge in [-0.2, -0.15) is 5.10 Å². The molecule has 4 nitrogen and oxygen atoms in total. The van der Waals surface area contributed by atoms with Gasteiger partial charge in [0.05, 0.1) is 24.9 Å². The summed E-state index contributed by atoms with van der Waals surface area (Å²) in [4.78, 5) is 11.6. The van der Waals surface area contributed by atoms with E-state index in [0.717, 1.165) is 28.1 Å². The van der Waals surface area contributed by atoms with E-state index in [1.54, 1.807) is 4.68 Å². The Hall–Kier alpha value is -2.07. The number of rotatable bonds is 4. The molecule has 0 aliphatic rings. The SMILES string of the molecule is COC(=O)Cc1c(C(=CCl)c2ccccc2)c(C)nn1C. The van der Waals surface area contributed by atoms with Crippen LogP contribution in [0.2, 0.25) is 0 Å². The van der Waals surface area contributed by atoms with E-state index < -0.39 is 0 Å². The fourth-order valence-corrected chi connectivity index (χ4v) is 2.58. The zero-order valence-electron chi connectivity index (χ0n) is 12.3. The van der Waals surface area contributed by atoms with E-state index in [4.69, 9.17) is 16.3 Å². The number of aromatic nitrogens is 2. The smallest absolute Gasteiger partial charge is 0.311 e. The van der Waals surface area contributed by atoms with Crippen molar-refractivity contribution in [1.82, 2.24) is 9.78 Å². The molecule has 21 heavy (non-hydrogen) atoms. The van der Waals surface area contributed by atoms with Crippen LogP contribution in [-0.2, 0) is 23.0 Å². The molecule has 0 radical (unpaired) electrons. The Bertz CT molecular complexity index is 675. The number of carbonyl (C=O) groups excluding carboxylic acids is 1. The maximum atomic E-state index is 11.6. The number of hydrogen-bond donors (Lipinski definition) is 0. The number of carbonyl (C=O) groups is 1. The Morgan fingerprint density at radius 3 is 2.62 bits per heavy atom. The summed E-state index contributed by atoms with van der Waals surface area (Å²) in [6.07, 6.45) is 0.157. The first-order valence-electron chi connectivity index (χ1n) is 6.54. The minimum absolute atomic E-state index is 0.157. The number of benzene rings is 1. The van der Waals surface area contributed by atoms with Crippen LogP contribution in [0.15, 0.2) is 35.9 Å². The van der Waals surface area contributed by atoms with E-state index >= 15 is 0 Å². The molecule has 0 aliphatic carbocycles. The molecule has 0 fully saturated rings. The largest absolute Gasteiger partial charge is 0.469 e. The first kappa shape index (κ1) is 15.3. The molecule has 0 amide bonds. The monoisotopic (exact) mass is 304 g/mol. The van der Waals surface area contributed by atoms with Crippen LogP contribution in [0.4, 0.5) is 0 Å². The van der Waals surface area contributed by atoms with E-state index in [2.05, 4.69) is 5.10 Å². The lowest BCUT2D eigenvalue weighted by molar-refractivity contribution is -0.139. The summed E-state index contributed by atoms with van der Waals surface area (Å²) in [7, 11) is 3.19. The predicted octanol–water partition coefficient (Wildman–Crippen LogP) is 3.07. The van der Waals surface area contributed by atoms with Crippen molar-refractivity contribution in [3.63, 3.8) is 0 Å². The minimum atomic E-state index is -0.304. The van der Waals surface area contributed by atoms with Gasteiger partial charge in [0, 0.05) is 23.7 Å². The Labute approximate surface area is 129 Å². The molecule has 0 spiro atoms. The molecule has 0 unspecified atom stereocenters. The van der Waals surface area contributed by atoms with Crippen LogP contribution < -0.4 is 0 Å². The summed E-state index contributed by atoms with van der Waals surface area (Å²) in [6.45, 7) is 1.90. The summed E-state index contributed by atoms with van der Waals surface area (Å²) < 4.78 is 6.46. The van der Waals surface area contributed by atoms with Crippen LogP contribution in [0.3, 0.4) is 0 Å². The number of halogens is 1. The first-order valence-corrected chi connectivity index (χ1v) is 6.97. The zero-order chi connectivity index (χ0) is 15.4. The highest BCUT2D eigenvalue weighted by atomic mass is 35.5. The average molecular weight is 305 g/mol. The molecule has 0 saturated heterocycles. The standard InChI is InChI=1S/C16H17ClN2O2/c1-11-16(13(10-17)12-7-5-4-6-8-12)14(19(2)18-11)9-15(20)21-3/h4-8,10H,9H2,1-3H3. The lowest BCUT2D eigenvalue weighted by Crippen LogP contribution is -2.10. The molecule has 5 heteroatoms. The molecule has 110 valence electrons. The molecule has 1 aromatic carbocycles. The highest BCUT2D eigenvalue weighted by Crippen LogP contribution is 2.30. The number of aryl methyl sites for hydroxylation is 2. The van der Waals surface area contributed by atoms with Crippen molar-refractivity contribution in [2.75, 3.05) is 7.11 Å². The second kappa shape index (κ2) is 6.59. The molecule has 1 aromatic heterocycles. The third-order valence-electron chi connectivity index (χ3n) is 3.34. The Morgan fingerprint density at radius 2 is 2.05 bits per heavy atom. The third-order valence-corrected chi connectivity index (χ3v) is 3.56. The molecule has 2 aromatic rings. The van der Waals surface area contributed by atoms with Gasteiger partial charge in [0.1, 0.15) is 0 Å². The van der Waals surface area contributed by atoms with E-state index in [9.17, 15) is 4.79 Å². The molecule has 0 aliphatic heterocycles. The van der Waals surface area contributed by atoms with Gasteiger partial charge in [0.25, 0.3) is 0 Å². The van der Waals surface area contributed by atoms with Crippen LogP contribution in [0.25, 0.3) is 5.57 Å². The second-order valence-electron chi connectivity index (χ2n) is 4.67. The molecule has 2 rings (SSSR count). The van der Waals surface area contributed by atoms with E-state index in [1.165, 1.54) is 12.6 Å². The van der Waals surface area contributed by atoms with Crippen molar-refractivity contribution in [2.24, 2.45) is 7.05 Å². The van der Waals surface area contributed by atoms with Gasteiger partial charge < -0.3 is 4.74 Å². The molecule has 0 N–H and O–H groups in total. The summed E-state index contributed by atoms with van der Waals surface area (Å²) in [6, 6.07) is 9.79. The van der Waals surface area contributed by atoms with Crippen molar-refractivity contribution in [3.8, 4) is 0 Å². The topological polar surface area (TPSA) is 44.1 Å². The normalized spacial score (nSPS) is 11.5. The van der Waals surface area contributed by atoms with Crippen LogP contribution in [0, 0.1) is 6.92 Å². The van der Waals surface area contributed by atoms with Crippen LogP contribution in [0.1, 0.15) is 22.5 Å². The highest BCUT2D eigenvalue weighted by Gasteiger charge is 2.20. The van der Waals surface area contributed by atoms with Crippen LogP contribution in [0.5, 0.6) is 0 Å². The summed E-state index contributed by atoms with van der Waals surface area (Å²) in [5.74, 6) is -0.304. The Morgan fingerprint density at radius 1 is 1.38 bits per heavy atom. The molecule has 0 bridgehead atoms. The lowest BCUT2D eigenvalue weighted by Gasteiger charge is -2.10. The first-order chi connectivity index (χ1) is 10.1. The maximum Gasteiger partial charge on any atom is 0.311 e. The predicted molar refractivity (Wildman–Crippen MR) is 83.0 cm³/mol. The van der Waals surface area contributed by atoms with Crippen molar-refractivity contribution in [3.05, 3.63) is 58.4 Å². The third kappa shape index (κ3) is 3.16. The zero-order valence-corrected chi connectivity index (χ0v) is 13.0. The lowest BCUT2D eigenvalue weighted by atomic mass is 9.96. The van der Waals surface area contributed by atoms with E-state index in [0.29, 0.717) is 0 Å².